The number of unbranched alkanes of at least 4 members (excludes halogenated alkanes) is 2. The molecule has 29 heavy (non-hydrogen) atoms. The van der Waals surface area contributed by atoms with Gasteiger partial charge < -0.3 is 4.74 Å². The third-order valence-corrected chi connectivity index (χ3v) is 6.23. The van der Waals surface area contributed by atoms with E-state index >= 15 is 0 Å². The second-order valence-corrected chi connectivity index (χ2v) is 8.50. The van der Waals surface area contributed by atoms with Crippen molar-refractivity contribution in [3.8, 4) is 17.1 Å². The molecule has 0 amide bonds. The molecule has 0 bridgehead atoms. The number of rotatable bonds is 8. The maximum absolute atomic E-state index is 6.10. The zero-order valence-electron chi connectivity index (χ0n) is 18.6. The molecule has 0 spiro atoms. The quantitative estimate of drug-likeness (QED) is 0.409. The topological polar surface area (TPSA) is 50.8 Å². The van der Waals surface area contributed by atoms with E-state index in [-0.39, 0.29) is 5.92 Å². The first-order valence-electron chi connectivity index (χ1n) is 10.9. The molecule has 2 aromatic rings. The van der Waals surface area contributed by atoms with E-state index in [4.69, 9.17) is 4.74 Å². The summed E-state index contributed by atoms with van der Waals surface area (Å²) in [6, 6.07) is 2.35. The van der Waals surface area contributed by atoms with Gasteiger partial charge in [0.05, 0.1) is 12.7 Å². The van der Waals surface area contributed by atoms with E-state index in [1.807, 2.05) is 0 Å². The zero-order chi connectivity index (χ0) is 21.0. The lowest BCUT2D eigenvalue weighted by atomic mass is 9.72. The van der Waals surface area contributed by atoms with Crippen LogP contribution in [0, 0.1) is 12.8 Å². The summed E-state index contributed by atoms with van der Waals surface area (Å²) < 4.78 is 6.10. The first-order chi connectivity index (χ1) is 14.0. The second kappa shape index (κ2) is 9.43. The van der Waals surface area contributed by atoms with E-state index in [1.165, 1.54) is 40.7 Å². The van der Waals surface area contributed by atoms with Crippen molar-refractivity contribution in [2.75, 3.05) is 7.11 Å². The lowest BCUT2D eigenvalue weighted by Gasteiger charge is -2.33. The van der Waals surface area contributed by atoms with Crippen molar-refractivity contribution in [3.63, 3.8) is 0 Å². The average Bonchev–Trinajstić information content (AvgIpc) is 3.21. The first kappa shape index (κ1) is 21.4. The number of methoxy groups -OCH3 is 1. The molecule has 0 radical (unpaired) electrons. The Kier molecular flexibility index (Phi) is 6.94. The Bertz CT molecular complexity index is 880. The first-order valence-corrected chi connectivity index (χ1v) is 10.9. The number of hydrogen-bond acceptors (Lipinski definition) is 3. The molecule has 0 saturated carbocycles. The van der Waals surface area contributed by atoms with Gasteiger partial charge >= 0.3 is 0 Å². The highest BCUT2D eigenvalue weighted by Crippen LogP contribution is 2.48. The van der Waals surface area contributed by atoms with E-state index < -0.39 is 0 Å². The van der Waals surface area contributed by atoms with Crippen LogP contribution >= 0.6 is 0 Å². The molecule has 1 aliphatic carbocycles. The molecule has 2 unspecified atom stereocenters. The van der Waals surface area contributed by atoms with Crippen molar-refractivity contribution < 1.29 is 4.74 Å². The highest BCUT2D eigenvalue weighted by atomic mass is 16.5. The van der Waals surface area contributed by atoms with Gasteiger partial charge in [-0.25, -0.2) is 4.98 Å². The van der Waals surface area contributed by atoms with Gasteiger partial charge in [0, 0.05) is 11.5 Å². The molecule has 1 aromatic carbocycles. The summed E-state index contributed by atoms with van der Waals surface area (Å²) in [5.74, 6) is 2.44. The van der Waals surface area contributed by atoms with Gasteiger partial charge in [-0.1, -0.05) is 49.6 Å². The molecule has 4 heteroatoms. The molecule has 0 aliphatic heterocycles. The molecule has 1 N–H and O–H groups in total. The lowest BCUT2D eigenvalue weighted by Crippen LogP contribution is -2.19. The normalized spacial score (nSPS) is 19.1. The summed E-state index contributed by atoms with van der Waals surface area (Å²) in [5.41, 5.74) is 7.61. The SMILES string of the molecule is C=C(C)C1CCC(C)=CC1c1c(C)cc(CCCCC)c(-c2ncn[nH]2)c1OC. The number of aromatic nitrogens is 3. The highest BCUT2D eigenvalue weighted by Gasteiger charge is 2.31. The van der Waals surface area contributed by atoms with Crippen LogP contribution in [0.3, 0.4) is 0 Å². The van der Waals surface area contributed by atoms with Crippen LogP contribution in [0.4, 0.5) is 0 Å². The number of aryl methyl sites for hydroxylation is 2. The number of H-pyrrole nitrogens is 1. The Balaban J connectivity index is 2.21. The van der Waals surface area contributed by atoms with E-state index in [2.05, 4.69) is 61.6 Å². The fourth-order valence-corrected chi connectivity index (χ4v) is 4.75. The largest absolute Gasteiger partial charge is 0.496 e. The summed E-state index contributed by atoms with van der Waals surface area (Å²) in [6.07, 6.45) is 10.9. The summed E-state index contributed by atoms with van der Waals surface area (Å²) >= 11 is 0. The Morgan fingerprint density at radius 1 is 1.31 bits per heavy atom. The third-order valence-electron chi connectivity index (χ3n) is 6.23. The molecular weight excluding hydrogens is 358 g/mol. The number of ether oxygens (including phenoxy) is 1. The molecule has 1 heterocycles. The Morgan fingerprint density at radius 2 is 2.10 bits per heavy atom. The van der Waals surface area contributed by atoms with Crippen molar-refractivity contribution in [2.45, 2.75) is 72.1 Å². The van der Waals surface area contributed by atoms with E-state index in [0.717, 1.165) is 42.8 Å². The molecule has 1 aromatic heterocycles. The van der Waals surface area contributed by atoms with Crippen molar-refractivity contribution in [1.82, 2.24) is 15.2 Å². The summed E-state index contributed by atoms with van der Waals surface area (Å²) in [4.78, 5) is 4.49. The molecule has 0 fully saturated rings. The molecule has 0 saturated heterocycles. The smallest absolute Gasteiger partial charge is 0.159 e. The number of aromatic amines is 1. The van der Waals surface area contributed by atoms with Crippen LogP contribution in [0.5, 0.6) is 5.75 Å². The van der Waals surface area contributed by atoms with E-state index in [9.17, 15) is 0 Å². The minimum absolute atomic E-state index is 0.280. The molecule has 2 atom stereocenters. The fourth-order valence-electron chi connectivity index (χ4n) is 4.75. The predicted molar refractivity (Wildman–Crippen MR) is 120 cm³/mol. The van der Waals surface area contributed by atoms with Gasteiger partial charge in [0.2, 0.25) is 0 Å². The van der Waals surface area contributed by atoms with Crippen LogP contribution in [0.1, 0.15) is 75.5 Å². The Morgan fingerprint density at radius 3 is 2.72 bits per heavy atom. The van der Waals surface area contributed by atoms with Crippen LogP contribution in [0.2, 0.25) is 0 Å². The molecular formula is C25H35N3O. The van der Waals surface area contributed by atoms with E-state index in [0.29, 0.717) is 5.92 Å². The fraction of sp³-hybridized carbons (Fsp3) is 0.520. The summed E-state index contributed by atoms with van der Waals surface area (Å²) in [5, 5.41) is 7.19. The Labute approximate surface area is 175 Å². The van der Waals surface area contributed by atoms with Gasteiger partial charge in [0.25, 0.3) is 0 Å². The highest BCUT2D eigenvalue weighted by molar-refractivity contribution is 5.73. The van der Waals surface area contributed by atoms with Crippen LogP contribution in [-0.2, 0) is 6.42 Å². The number of nitrogens with zero attached hydrogens (tertiary/aromatic N) is 2. The van der Waals surface area contributed by atoms with Crippen LogP contribution < -0.4 is 4.74 Å². The van der Waals surface area contributed by atoms with Gasteiger partial charge in [-0.2, -0.15) is 5.10 Å². The number of hydrogen-bond donors (Lipinski definition) is 1. The van der Waals surface area contributed by atoms with E-state index in [1.54, 1.807) is 13.4 Å². The van der Waals surface area contributed by atoms with Crippen LogP contribution in [0.25, 0.3) is 11.4 Å². The lowest BCUT2D eigenvalue weighted by molar-refractivity contribution is 0.396. The minimum atomic E-state index is 0.280. The van der Waals surface area contributed by atoms with Crippen molar-refractivity contribution in [3.05, 3.63) is 52.9 Å². The molecule has 1 aliphatic rings. The zero-order valence-corrected chi connectivity index (χ0v) is 18.6. The maximum atomic E-state index is 6.10. The van der Waals surface area contributed by atoms with Gasteiger partial charge in [0.15, 0.2) is 5.82 Å². The Hall–Kier alpha value is -2.36. The number of nitrogens with one attached hydrogen (secondary N) is 1. The summed E-state index contributed by atoms with van der Waals surface area (Å²) in [7, 11) is 1.78. The van der Waals surface area contributed by atoms with Crippen LogP contribution in [0.15, 0.2) is 36.2 Å². The average molecular weight is 394 g/mol. The molecule has 3 rings (SSSR count). The minimum Gasteiger partial charge on any atom is -0.496 e. The second-order valence-electron chi connectivity index (χ2n) is 8.50. The summed E-state index contributed by atoms with van der Waals surface area (Å²) in [6.45, 7) is 13.2. The standard InChI is InChI=1S/C25H35N3O/c1-7-8-9-10-19-14-18(5)22(21-13-17(4)11-12-20(21)16(2)3)24(29-6)23(19)25-26-15-27-28-25/h13-15,20-21H,2,7-12H2,1,3-6H3,(H,26,27,28). The number of allylic oxidation sites excluding steroid dienone is 3. The van der Waals surface area contributed by atoms with Crippen molar-refractivity contribution in [2.24, 2.45) is 5.92 Å². The monoisotopic (exact) mass is 393 g/mol. The maximum Gasteiger partial charge on any atom is 0.159 e. The van der Waals surface area contributed by atoms with Gasteiger partial charge in [-0.15, -0.1) is 0 Å². The third kappa shape index (κ3) is 4.47. The van der Waals surface area contributed by atoms with Crippen molar-refractivity contribution >= 4 is 0 Å². The van der Waals surface area contributed by atoms with Crippen molar-refractivity contribution in [1.29, 1.82) is 0 Å². The van der Waals surface area contributed by atoms with Gasteiger partial charge in [0.1, 0.15) is 12.1 Å². The van der Waals surface area contributed by atoms with Gasteiger partial charge in [-0.3, -0.25) is 5.10 Å². The van der Waals surface area contributed by atoms with Gasteiger partial charge in [-0.05, 0) is 63.5 Å². The molecule has 4 nitrogen and oxygen atoms in total. The van der Waals surface area contributed by atoms with Crippen LogP contribution in [-0.4, -0.2) is 22.3 Å². The predicted octanol–water partition coefficient (Wildman–Crippen LogP) is 6.54. The number of benzene rings is 1. The molecule has 156 valence electrons.